The number of carbonyl (C=O) groups excluding carboxylic acids is 5. The van der Waals surface area contributed by atoms with Crippen molar-refractivity contribution in [3.05, 3.63) is 0 Å². The Hall–Kier alpha value is -4.45. The fourth-order valence-corrected chi connectivity index (χ4v) is 16.1. The minimum atomic E-state index is -2.67. The minimum absolute atomic E-state index is 0.834. The molecule has 10 saturated heterocycles. The molecule has 0 spiro atoms. The van der Waals surface area contributed by atoms with E-state index in [1.165, 1.54) is 6.92 Å². The number of hydrogen-bond acceptors (Lipinski definition) is 50. The van der Waals surface area contributed by atoms with Crippen LogP contribution in [0.5, 0.6) is 0 Å². The van der Waals surface area contributed by atoms with Gasteiger partial charge in [0.1, 0.15) is 238 Å². The van der Waals surface area contributed by atoms with Gasteiger partial charge in [0, 0.05) is 34.6 Å². The number of amides is 5. The van der Waals surface area contributed by atoms with Gasteiger partial charge in [-0.15, -0.1) is 0 Å². The van der Waals surface area contributed by atoms with Crippen LogP contribution >= 0.6 is 0 Å². The summed E-state index contributed by atoms with van der Waals surface area (Å²) in [5, 5.41) is 304. The molecule has 0 saturated carbocycles. The smallest absolute Gasteiger partial charge is 0.217 e. The minimum Gasteiger partial charge on any atom is -0.394 e. The van der Waals surface area contributed by atoms with E-state index in [0.717, 1.165) is 34.6 Å². The molecular formula is C70H117N5O50. The van der Waals surface area contributed by atoms with Gasteiger partial charge < -0.3 is 249 Å². The van der Waals surface area contributed by atoms with E-state index in [2.05, 4.69) is 26.6 Å². The monoisotopic (exact) mass is 1830 g/mol. The lowest BCUT2D eigenvalue weighted by atomic mass is 9.93. The standard InChI is InChI=1S/C70H117N5O50/c1-16-36(87)48(99)52(103)66(110-16)108-15-30-57(45(96)31(61(106)111-30)71-17(2)82)120-64-34(74-20(5)85)46(97)56(27(12-81)116-64)122-68-54(105)58(123-70-60(125-63-33(73-19(4)84)44(95)38(89)23(8-77)113-63)51(102)41(92)28(119-70)13-107-62-32(72-18(3)83)43(94)37(88)22(7-76)112-62)42(93)29(118-68)14-109-69-59(50(101)40(91)25(10-79)115-69)124-65-35(75-21(6)86)47(98)55(26(11-80)117-65)121-67-53(104)49(100)39(90)24(9-78)114-67/h16,22-70,76-81,87-106H,7-15H2,1-6H3,(H,71,82)(H,72,83)(H,73,84)(H,74,85)(H,75,86)/t16-,22+,23+,24+,25+,26+,27+,28+,29+,30+,31+,32+,33-,34+,35+,36+,37+,38+,39-,40+,41+,42+,43+,44+,45+,46+,47+,48+,49-,50-,51-,52-,53+,54-,55+,56+,57+,58-,59-,60-,61?,62+,63-,64-,65-,66+,67-,68-,69-,70+/m0/s1. The third kappa shape index (κ3) is 23.3. The number of ether oxygens (including phenoxy) is 19. The van der Waals surface area contributed by atoms with Gasteiger partial charge in [0.25, 0.3) is 0 Å². The van der Waals surface area contributed by atoms with Crippen molar-refractivity contribution in [3.63, 3.8) is 0 Å². The molecule has 10 heterocycles. The van der Waals surface area contributed by atoms with Crippen LogP contribution in [0.2, 0.25) is 0 Å². The van der Waals surface area contributed by atoms with Crippen LogP contribution in [-0.2, 0) is 114 Å². The normalized spacial score (nSPS) is 48.7. The summed E-state index contributed by atoms with van der Waals surface area (Å²) in [4.78, 5) is 64.1. The predicted octanol–water partition coefficient (Wildman–Crippen LogP) is -21.1. The van der Waals surface area contributed by atoms with Crippen LogP contribution in [0.1, 0.15) is 41.5 Å². The summed E-state index contributed by atoms with van der Waals surface area (Å²) in [7, 11) is 0. The summed E-state index contributed by atoms with van der Waals surface area (Å²) in [6, 6.07) is -9.34. The Morgan fingerprint density at radius 1 is 0.224 bits per heavy atom. The molecule has 55 nitrogen and oxygen atoms in total. The van der Waals surface area contributed by atoms with Crippen molar-refractivity contribution in [3.8, 4) is 0 Å². The van der Waals surface area contributed by atoms with Gasteiger partial charge >= 0.3 is 0 Å². The fraction of sp³-hybridized carbons (Fsp3) is 0.929. The van der Waals surface area contributed by atoms with E-state index in [-0.39, 0.29) is 0 Å². The van der Waals surface area contributed by atoms with Gasteiger partial charge in [-0.1, -0.05) is 0 Å². The molecule has 1 unspecified atom stereocenters. The lowest BCUT2D eigenvalue weighted by Gasteiger charge is -2.51. The molecule has 0 aromatic heterocycles. The van der Waals surface area contributed by atoms with Crippen molar-refractivity contribution < 1.29 is 247 Å². The molecule has 10 fully saturated rings. The molecule has 50 atom stereocenters. The zero-order valence-electron chi connectivity index (χ0n) is 67.7. The van der Waals surface area contributed by atoms with Gasteiger partial charge in [0.2, 0.25) is 29.5 Å². The zero-order valence-corrected chi connectivity index (χ0v) is 67.7. The molecule has 55 heteroatoms. The van der Waals surface area contributed by atoms with E-state index in [0.29, 0.717) is 0 Å². The first kappa shape index (κ1) is 103. The molecule has 0 aromatic rings. The molecule has 10 aliphatic heterocycles. The first-order chi connectivity index (χ1) is 59.0. The number of aliphatic hydroxyl groups is 26. The van der Waals surface area contributed by atoms with Crippen LogP contribution in [0.25, 0.3) is 0 Å². The highest BCUT2D eigenvalue weighted by atomic mass is 16.8. The van der Waals surface area contributed by atoms with E-state index >= 15 is 0 Å². The highest BCUT2D eigenvalue weighted by molar-refractivity contribution is 5.75. The van der Waals surface area contributed by atoms with Crippen LogP contribution in [0.3, 0.4) is 0 Å². The van der Waals surface area contributed by atoms with E-state index in [1.54, 1.807) is 0 Å². The average molecular weight is 1830 g/mol. The van der Waals surface area contributed by atoms with E-state index in [4.69, 9.17) is 90.0 Å². The number of aliphatic hydroxyl groups excluding tert-OH is 26. The number of hydrogen-bond donors (Lipinski definition) is 31. The van der Waals surface area contributed by atoms with Crippen molar-refractivity contribution in [1.29, 1.82) is 0 Å². The number of nitrogens with one attached hydrogen (secondary N) is 5. The van der Waals surface area contributed by atoms with Crippen molar-refractivity contribution >= 4 is 29.5 Å². The SMILES string of the molecule is CC(=O)N[C@@H]1[C@H](O[C@@H]2[C@@H](O[C@@H]3[C@H](O)[C@H](O[C@H]4[C@H](O)[C@@H](NC(C)=O)[C@H](O[C@H]5[C@H](O)[C@@H](NC(C)=O)C(O)O[C@@H]5CO[C@@H]5O[C@@H](C)[C@@H](O)[C@@H](O)[C@@H]5O)O[C@@H]4CO)O[C@H](CO[C@H]4O[C@H](CO)[C@@H](O)[C@H](O)[C@@H]4O[C@@H]4O[C@H](CO)[C@@H](O[C@@H]5O[C@H](CO)[C@H](O)[C@H](O)[C@H]5O)[C@H](O)[C@H]4NC(C)=O)[C@H]3O)O[C@H](CO[C@@H]3O[C@H](CO)[C@@H](O)[C@H](O)[C@H]3NC(C)=O)[C@@H](O)[C@@H]2O)O[C@H](CO)[C@@H](O)[C@@H]1O. The molecule has 0 radical (unpaired) electrons. The van der Waals surface area contributed by atoms with Gasteiger partial charge in [-0.25, -0.2) is 0 Å². The highest BCUT2D eigenvalue weighted by Gasteiger charge is 2.61. The van der Waals surface area contributed by atoms with Crippen LogP contribution in [0, 0.1) is 0 Å². The Balaban J connectivity index is 1.02. The first-order valence-corrected chi connectivity index (χ1v) is 40.0. The number of rotatable bonds is 32. The second-order valence-corrected chi connectivity index (χ2v) is 31.8. The van der Waals surface area contributed by atoms with Gasteiger partial charge in [0.05, 0.1) is 65.6 Å². The molecule has 10 rings (SSSR count). The summed E-state index contributed by atoms with van der Waals surface area (Å²) < 4.78 is 114. The molecule has 125 heavy (non-hydrogen) atoms. The van der Waals surface area contributed by atoms with Crippen molar-refractivity contribution in [2.24, 2.45) is 0 Å². The Morgan fingerprint density at radius 3 is 0.968 bits per heavy atom. The summed E-state index contributed by atoms with van der Waals surface area (Å²) >= 11 is 0. The van der Waals surface area contributed by atoms with E-state index in [9.17, 15) is 157 Å². The predicted molar refractivity (Wildman–Crippen MR) is 386 cm³/mol. The molecule has 5 amide bonds. The summed E-state index contributed by atoms with van der Waals surface area (Å²) in [6.07, 6.45) is -93.7. The molecule has 10 aliphatic rings. The van der Waals surface area contributed by atoms with E-state index < -0.39 is 396 Å². The maximum Gasteiger partial charge on any atom is 0.217 e. The summed E-state index contributed by atoms with van der Waals surface area (Å²) in [6.45, 7) is -3.72. The second kappa shape index (κ2) is 44.9. The van der Waals surface area contributed by atoms with Crippen molar-refractivity contribution in [2.75, 3.05) is 59.5 Å². The molecule has 31 N–H and O–H groups in total. The van der Waals surface area contributed by atoms with Crippen LogP contribution in [0.4, 0.5) is 0 Å². The Labute approximate surface area is 708 Å². The maximum absolute atomic E-state index is 13.3. The third-order valence-corrected chi connectivity index (χ3v) is 22.8. The molecule has 0 aliphatic carbocycles. The highest BCUT2D eigenvalue weighted by Crippen LogP contribution is 2.40. The maximum atomic E-state index is 13.3. The van der Waals surface area contributed by atoms with Crippen molar-refractivity contribution in [1.82, 2.24) is 26.6 Å². The summed E-state index contributed by atoms with van der Waals surface area (Å²) in [5.74, 6) is -4.58. The molecule has 0 bridgehead atoms. The molecular weight excluding hydrogens is 1710 g/mol. The zero-order chi connectivity index (χ0) is 92.1. The summed E-state index contributed by atoms with van der Waals surface area (Å²) in [5.41, 5.74) is 0. The lowest BCUT2D eigenvalue weighted by molar-refractivity contribution is -0.398. The van der Waals surface area contributed by atoms with Crippen molar-refractivity contribution in [2.45, 2.75) is 348 Å². The van der Waals surface area contributed by atoms with Crippen LogP contribution in [0.15, 0.2) is 0 Å². The Bertz CT molecular complexity index is 3420. The Kier molecular flexibility index (Phi) is 36.8. The second-order valence-electron chi connectivity index (χ2n) is 31.8. The van der Waals surface area contributed by atoms with Gasteiger partial charge in [-0.3, -0.25) is 24.0 Å². The quantitative estimate of drug-likeness (QED) is 0.0297. The number of carbonyl (C=O) groups is 5. The van der Waals surface area contributed by atoms with Gasteiger partial charge in [0.15, 0.2) is 62.9 Å². The molecule has 0 aromatic carbocycles. The average Bonchev–Trinajstić information content (AvgIpc) is 0.767. The lowest BCUT2D eigenvalue weighted by Crippen LogP contribution is -2.71. The third-order valence-electron chi connectivity index (χ3n) is 22.8. The van der Waals surface area contributed by atoms with E-state index in [1.807, 2.05) is 0 Å². The molecule has 722 valence electrons. The van der Waals surface area contributed by atoms with Crippen LogP contribution < -0.4 is 26.6 Å². The van der Waals surface area contributed by atoms with Crippen LogP contribution in [-0.4, -0.2) is 529 Å². The Morgan fingerprint density at radius 2 is 0.504 bits per heavy atom. The van der Waals surface area contributed by atoms with Gasteiger partial charge in [-0.05, 0) is 6.92 Å². The van der Waals surface area contributed by atoms with Gasteiger partial charge in [-0.2, -0.15) is 0 Å². The fourth-order valence-electron chi connectivity index (χ4n) is 16.1. The largest absolute Gasteiger partial charge is 0.394 e. The topological polar surface area (TPSA) is 847 Å². The first-order valence-electron chi connectivity index (χ1n) is 40.0.